The van der Waals surface area contributed by atoms with Gasteiger partial charge in [-0.15, -0.1) is 0 Å². The molecule has 1 aliphatic carbocycles. The normalized spacial score (nSPS) is 33.0. The molecule has 1 fully saturated rings. The molecule has 3 heteroatoms. The van der Waals surface area contributed by atoms with Gasteiger partial charge in [-0.2, -0.15) is 0 Å². The van der Waals surface area contributed by atoms with Crippen molar-refractivity contribution in [2.45, 2.75) is 13.0 Å². The van der Waals surface area contributed by atoms with Crippen LogP contribution < -0.4 is 5.32 Å². The lowest BCUT2D eigenvalue weighted by molar-refractivity contribution is 0.229. The highest BCUT2D eigenvalue weighted by molar-refractivity contribution is 5.80. The van der Waals surface area contributed by atoms with Crippen LogP contribution in [0.2, 0.25) is 0 Å². The monoisotopic (exact) mass is 164 g/mol. The van der Waals surface area contributed by atoms with Gasteiger partial charge in [0.15, 0.2) is 0 Å². The number of urea groups is 1. The summed E-state index contributed by atoms with van der Waals surface area (Å²) in [5.41, 5.74) is 1.08. The summed E-state index contributed by atoms with van der Waals surface area (Å²) in [5.74, 6) is 0.402. The smallest absolute Gasteiger partial charge is 0.321 e. The number of hydrogen-bond acceptors (Lipinski definition) is 1. The van der Waals surface area contributed by atoms with E-state index in [1.54, 1.807) is 11.9 Å². The quantitative estimate of drug-likeness (QED) is 0.571. The highest BCUT2D eigenvalue weighted by atomic mass is 16.2. The van der Waals surface area contributed by atoms with Crippen LogP contribution in [0, 0.1) is 5.92 Å². The van der Waals surface area contributed by atoms with Crippen LogP contribution in [0.5, 0.6) is 0 Å². The highest BCUT2D eigenvalue weighted by Crippen LogP contribution is 2.25. The standard InChI is InChI=1S/C9H12N2O/c1-6-4-3-5-7-8(6)10-9(12)11(7)2/h3-6,8H,1-2H3,(H,10,12). The molecular weight excluding hydrogens is 152 g/mol. The van der Waals surface area contributed by atoms with Crippen LogP contribution >= 0.6 is 0 Å². The third-order valence-electron chi connectivity index (χ3n) is 2.50. The summed E-state index contributed by atoms with van der Waals surface area (Å²) in [6.07, 6.45) is 6.10. The third-order valence-corrected chi connectivity index (χ3v) is 2.50. The molecule has 1 aliphatic heterocycles. The minimum Gasteiger partial charge on any atom is -0.329 e. The van der Waals surface area contributed by atoms with Crippen molar-refractivity contribution in [2.24, 2.45) is 5.92 Å². The Bertz CT molecular complexity index is 280. The Kier molecular flexibility index (Phi) is 1.46. The Morgan fingerprint density at radius 2 is 2.33 bits per heavy atom. The van der Waals surface area contributed by atoms with Gasteiger partial charge in [-0.25, -0.2) is 4.79 Å². The predicted molar refractivity (Wildman–Crippen MR) is 46.5 cm³/mol. The second-order valence-corrected chi connectivity index (χ2v) is 3.32. The minimum atomic E-state index is 0.00167. The molecule has 2 aliphatic rings. The molecule has 2 amide bonds. The zero-order valence-electron chi connectivity index (χ0n) is 7.24. The average molecular weight is 164 g/mol. The number of carbonyl (C=O) groups is 1. The molecule has 0 saturated carbocycles. The molecular formula is C9H12N2O. The molecule has 0 radical (unpaired) electrons. The summed E-state index contributed by atoms with van der Waals surface area (Å²) in [4.78, 5) is 12.9. The van der Waals surface area contributed by atoms with Crippen molar-refractivity contribution in [1.29, 1.82) is 0 Å². The number of allylic oxidation sites excluding steroid dienone is 2. The summed E-state index contributed by atoms with van der Waals surface area (Å²) in [6, 6.07) is 0.189. The predicted octanol–water partition coefficient (Wildman–Crippen LogP) is 1.10. The van der Waals surface area contributed by atoms with E-state index in [4.69, 9.17) is 0 Å². The van der Waals surface area contributed by atoms with E-state index < -0.39 is 0 Å². The molecule has 3 nitrogen and oxygen atoms in total. The van der Waals surface area contributed by atoms with Crippen molar-refractivity contribution in [3.63, 3.8) is 0 Å². The number of likely N-dealkylation sites (N-methyl/N-ethyl adjacent to an activating group) is 1. The molecule has 2 unspecified atom stereocenters. The van der Waals surface area contributed by atoms with E-state index in [-0.39, 0.29) is 12.1 Å². The SMILES string of the molecule is CC1C=CC=C2C1NC(=O)N2C. The van der Waals surface area contributed by atoms with Crippen LogP contribution in [0.4, 0.5) is 4.79 Å². The van der Waals surface area contributed by atoms with Crippen LogP contribution in [-0.4, -0.2) is 24.0 Å². The first-order chi connectivity index (χ1) is 5.70. The highest BCUT2D eigenvalue weighted by Gasteiger charge is 2.34. The van der Waals surface area contributed by atoms with Gasteiger partial charge in [0.25, 0.3) is 0 Å². The van der Waals surface area contributed by atoms with E-state index in [9.17, 15) is 4.79 Å². The maximum atomic E-state index is 11.2. The maximum absolute atomic E-state index is 11.2. The summed E-state index contributed by atoms with van der Waals surface area (Å²) < 4.78 is 0. The molecule has 1 heterocycles. The molecule has 2 rings (SSSR count). The van der Waals surface area contributed by atoms with Crippen molar-refractivity contribution in [3.8, 4) is 0 Å². The number of fused-ring (bicyclic) bond motifs is 1. The van der Waals surface area contributed by atoms with Gasteiger partial charge < -0.3 is 5.32 Å². The first kappa shape index (κ1) is 7.40. The third kappa shape index (κ3) is 0.858. The summed E-state index contributed by atoms with van der Waals surface area (Å²) in [5, 5.41) is 2.92. The second-order valence-electron chi connectivity index (χ2n) is 3.32. The van der Waals surface area contributed by atoms with Crippen molar-refractivity contribution < 1.29 is 4.79 Å². The van der Waals surface area contributed by atoms with E-state index in [1.807, 2.05) is 12.2 Å². The van der Waals surface area contributed by atoms with Crippen LogP contribution in [0.25, 0.3) is 0 Å². The fourth-order valence-electron chi connectivity index (χ4n) is 1.69. The Morgan fingerprint density at radius 3 is 3.00 bits per heavy atom. The van der Waals surface area contributed by atoms with Crippen LogP contribution in [-0.2, 0) is 0 Å². The number of nitrogens with one attached hydrogen (secondary N) is 1. The lowest BCUT2D eigenvalue weighted by atomic mass is 9.95. The van der Waals surface area contributed by atoms with E-state index >= 15 is 0 Å². The van der Waals surface area contributed by atoms with Crippen molar-refractivity contribution in [3.05, 3.63) is 23.9 Å². The Labute approximate surface area is 71.7 Å². The molecule has 0 aromatic rings. The van der Waals surface area contributed by atoms with Crippen molar-refractivity contribution in [1.82, 2.24) is 10.2 Å². The summed E-state index contributed by atoms with van der Waals surface area (Å²) in [6.45, 7) is 2.10. The van der Waals surface area contributed by atoms with Gasteiger partial charge in [0.05, 0.1) is 6.04 Å². The molecule has 1 saturated heterocycles. The van der Waals surface area contributed by atoms with Gasteiger partial charge in [-0.1, -0.05) is 19.1 Å². The van der Waals surface area contributed by atoms with Gasteiger partial charge in [0, 0.05) is 18.7 Å². The Morgan fingerprint density at radius 1 is 1.58 bits per heavy atom. The lowest BCUT2D eigenvalue weighted by Crippen LogP contribution is -2.31. The number of carbonyl (C=O) groups excluding carboxylic acids is 1. The van der Waals surface area contributed by atoms with E-state index in [1.165, 1.54) is 0 Å². The van der Waals surface area contributed by atoms with Crippen molar-refractivity contribution in [2.75, 3.05) is 7.05 Å². The molecule has 12 heavy (non-hydrogen) atoms. The fourth-order valence-corrected chi connectivity index (χ4v) is 1.69. The number of nitrogens with zero attached hydrogens (tertiary/aromatic N) is 1. The second kappa shape index (κ2) is 2.37. The summed E-state index contributed by atoms with van der Waals surface area (Å²) in [7, 11) is 1.80. The molecule has 0 aromatic carbocycles. The van der Waals surface area contributed by atoms with E-state index in [2.05, 4.69) is 18.3 Å². The number of amides is 2. The topological polar surface area (TPSA) is 32.3 Å². The first-order valence-corrected chi connectivity index (χ1v) is 4.13. The zero-order valence-corrected chi connectivity index (χ0v) is 7.24. The molecule has 0 bridgehead atoms. The number of hydrogen-bond donors (Lipinski definition) is 1. The molecule has 2 atom stereocenters. The first-order valence-electron chi connectivity index (χ1n) is 4.13. The van der Waals surface area contributed by atoms with Gasteiger partial charge in [-0.05, 0) is 6.08 Å². The lowest BCUT2D eigenvalue weighted by Gasteiger charge is -2.20. The molecule has 0 spiro atoms. The van der Waals surface area contributed by atoms with Crippen LogP contribution in [0.15, 0.2) is 23.9 Å². The van der Waals surface area contributed by atoms with Crippen LogP contribution in [0.1, 0.15) is 6.92 Å². The van der Waals surface area contributed by atoms with E-state index in [0.29, 0.717) is 5.92 Å². The van der Waals surface area contributed by atoms with Gasteiger partial charge >= 0.3 is 6.03 Å². The largest absolute Gasteiger partial charge is 0.329 e. The van der Waals surface area contributed by atoms with Crippen molar-refractivity contribution >= 4 is 6.03 Å². The fraction of sp³-hybridized carbons (Fsp3) is 0.444. The summed E-state index contributed by atoms with van der Waals surface area (Å²) >= 11 is 0. The zero-order chi connectivity index (χ0) is 8.72. The minimum absolute atomic E-state index is 0.00167. The Balaban J connectivity index is 2.34. The maximum Gasteiger partial charge on any atom is 0.321 e. The molecule has 64 valence electrons. The van der Waals surface area contributed by atoms with Gasteiger partial charge in [0.2, 0.25) is 0 Å². The van der Waals surface area contributed by atoms with E-state index in [0.717, 1.165) is 5.70 Å². The van der Waals surface area contributed by atoms with Gasteiger partial charge in [-0.3, -0.25) is 4.90 Å². The van der Waals surface area contributed by atoms with Gasteiger partial charge in [0.1, 0.15) is 0 Å². The van der Waals surface area contributed by atoms with Crippen LogP contribution in [0.3, 0.4) is 0 Å². The molecule has 1 N–H and O–H groups in total. The molecule has 0 aromatic heterocycles. The Hall–Kier alpha value is -1.25. The number of rotatable bonds is 0. The average Bonchev–Trinajstić information content (AvgIpc) is 2.32.